The molecule has 0 spiro atoms. The van der Waals surface area contributed by atoms with Crippen molar-refractivity contribution in [2.75, 3.05) is 25.1 Å². The molecule has 1 saturated carbocycles. The van der Waals surface area contributed by atoms with Crippen LogP contribution in [0.1, 0.15) is 18.5 Å². The van der Waals surface area contributed by atoms with E-state index < -0.39 is 11.6 Å². The Morgan fingerprint density at radius 3 is 2.68 bits per heavy atom. The van der Waals surface area contributed by atoms with Crippen LogP contribution in [-0.4, -0.2) is 53.4 Å². The molecule has 28 heavy (non-hydrogen) atoms. The number of aryl methyl sites for hydroxylation is 1. The number of nitrogens with one attached hydrogen (secondary N) is 1. The first-order valence-corrected chi connectivity index (χ1v) is 8.85. The molecule has 1 aliphatic rings. The third kappa shape index (κ3) is 4.51. The van der Waals surface area contributed by atoms with E-state index in [4.69, 9.17) is 9.26 Å². The summed E-state index contributed by atoms with van der Waals surface area (Å²) in [6.45, 7) is -0.363. The normalized spacial score (nSPS) is 13.2. The van der Waals surface area contributed by atoms with Crippen molar-refractivity contribution in [1.29, 1.82) is 0 Å². The van der Waals surface area contributed by atoms with E-state index >= 15 is 0 Å². The zero-order chi connectivity index (χ0) is 20.3. The highest BCUT2D eigenvalue weighted by Gasteiger charge is 2.36. The molecule has 0 radical (unpaired) electrons. The van der Waals surface area contributed by atoms with Crippen molar-refractivity contribution in [3.63, 3.8) is 0 Å². The number of carbonyl (C=O) groups is 2. The Labute approximate surface area is 160 Å². The van der Waals surface area contributed by atoms with Gasteiger partial charge in [-0.25, -0.2) is 4.79 Å². The number of amides is 1. The molecule has 2 aromatic rings. The molecule has 3 rings (SSSR count). The molecule has 1 aromatic carbocycles. The first kappa shape index (κ1) is 19.5. The van der Waals surface area contributed by atoms with Gasteiger partial charge < -0.3 is 19.6 Å². The predicted octanol–water partition coefficient (Wildman–Crippen LogP) is -0.117. The summed E-state index contributed by atoms with van der Waals surface area (Å²) in [5, 5.41) is 11.7. The van der Waals surface area contributed by atoms with Gasteiger partial charge in [0.25, 0.3) is 0 Å². The van der Waals surface area contributed by atoms with Gasteiger partial charge in [0.15, 0.2) is 7.05 Å². The molecule has 0 aliphatic heterocycles. The number of nitrogens with zero attached hydrogens (tertiary/aromatic N) is 3. The van der Waals surface area contributed by atoms with Crippen LogP contribution < -0.4 is 19.9 Å². The molecule has 1 aromatic heterocycles. The van der Waals surface area contributed by atoms with E-state index in [9.17, 15) is 19.5 Å². The Hall–Kier alpha value is -3.30. The van der Waals surface area contributed by atoms with E-state index in [0.29, 0.717) is 17.1 Å². The van der Waals surface area contributed by atoms with Gasteiger partial charge in [-0.3, -0.25) is 14.1 Å². The molecule has 1 amide bonds. The zero-order valence-corrected chi connectivity index (χ0v) is 15.8. The van der Waals surface area contributed by atoms with Crippen molar-refractivity contribution in [3.8, 4) is 5.75 Å². The molecule has 10 nitrogen and oxygen atoms in total. The van der Waals surface area contributed by atoms with E-state index in [-0.39, 0.29) is 31.6 Å². The number of aromatic amines is 1. The molecule has 0 atom stereocenters. The van der Waals surface area contributed by atoms with Gasteiger partial charge in [-0.15, -0.1) is 0 Å². The minimum Gasteiger partial charge on any atom is -0.497 e. The minimum absolute atomic E-state index is 0.0405. The number of aliphatic carboxylic acids is 1. The van der Waals surface area contributed by atoms with Crippen molar-refractivity contribution in [2.45, 2.75) is 25.4 Å². The molecule has 150 valence electrons. The number of aromatic nitrogens is 2. The second-order valence-corrected chi connectivity index (χ2v) is 6.69. The molecule has 0 unspecified atom stereocenters. The third-order valence-electron chi connectivity index (χ3n) is 4.61. The number of rotatable bonds is 9. The number of hydrogen-bond acceptors (Lipinski definition) is 6. The van der Waals surface area contributed by atoms with Crippen molar-refractivity contribution in [2.24, 2.45) is 7.05 Å². The fourth-order valence-electron chi connectivity index (χ4n) is 2.96. The lowest BCUT2D eigenvalue weighted by Gasteiger charge is -2.27. The summed E-state index contributed by atoms with van der Waals surface area (Å²) < 4.78 is 11.4. The van der Waals surface area contributed by atoms with Crippen LogP contribution in [-0.2, 0) is 23.2 Å². The Balaban J connectivity index is 1.80. The molecular formula is C18H23N4O6+. The molecular weight excluding hydrogens is 368 g/mol. The van der Waals surface area contributed by atoms with Gasteiger partial charge in [0.2, 0.25) is 5.91 Å². The lowest BCUT2D eigenvalue weighted by atomic mass is 10.2. The second-order valence-electron chi connectivity index (χ2n) is 6.69. The van der Waals surface area contributed by atoms with Gasteiger partial charge in [0.1, 0.15) is 18.8 Å². The quantitative estimate of drug-likeness (QED) is 0.572. The number of ether oxygens (including phenoxy) is 1. The Kier molecular flexibility index (Phi) is 5.67. The van der Waals surface area contributed by atoms with E-state index in [1.165, 1.54) is 16.7 Å². The van der Waals surface area contributed by atoms with Crippen LogP contribution >= 0.6 is 0 Å². The van der Waals surface area contributed by atoms with Crippen LogP contribution in [0.2, 0.25) is 0 Å². The van der Waals surface area contributed by atoms with Crippen LogP contribution in [0, 0.1) is 0 Å². The summed E-state index contributed by atoms with van der Waals surface area (Å²) >= 11 is 0. The predicted molar refractivity (Wildman–Crippen MR) is 96.9 cm³/mol. The van der Waals surface area contributed by atoms with E-state index in [2.05, 4.69) is 5.27 Å². The Morgan fingerprint density at radius 2 is 2.11 bits per heavy atom. The number of carboxylic acid groups (broad SMARTS) is 1. The number of anilines is 1. The number of H-pyrrole nitrogens is 1. The fourth-order valence-corrected chi connectivity index (χ4v) is 2.96. The van der Waals surface area contributed by atoms with Crippen molar-refractivity contribution < 1.29 is 28.6 Å². The highest BCUT2D eigenvalue weighted by atomic mass is 16.5. The highest BCUT2D eigenvalue weighted by Crippen LogP contribution is 2.28. The van der Waals surface area contributed by atoms with Gasteiger partial charge in [-0.1, -0.05) is 10.7 Å². The highest BCUT2D eigenvalue weighted by molar-refractivity contribution is 5.84. The maximum Gasteiger partial charge on any atom is 0.431 e. The van der Waals surface area contributed by atoms with Crippen LogP contribution in [0.15, 0.2) is 33.6 Å². The first-order valence-electron chi connectivity index (χ1n) is 8.85. The van der Waals surface area contributed by atoms with Crippen LogP contribution in [0.25, 0.3) is 0 Å². The molecule has 10 heteroatoms. The number of carbonyl (C=O) groups excluding carboxylic acids is 1. The standard InChI is InChI=1S/C18H22N4O6/c1-20-15(18(26)28-19-20)9-22(12-6-7-12)16(23)10-21(11-17(24)25)13-4-3-5-14(8-13)27-2/h3-5,8,12H,6-7,9-11H2,1-2H3,(H-,19,24,25,26)/p+1. The van der Waals surface area contributed by atoms with Crippen molar-refractivity contribution in [3.05, 3.63) is 40.4 Å². The summed E-state index contributed by atoms with van der Waals surface area (Å²) in [4.78, 5) is 39.2. The third-order valence-corrected chi connectivity index (χ3v) is 4.61. The smallest absolute Gasteiger partial charge is 0.431 e. The van der Waals surface area contributed by atoms with E-state index in [1.807, 2.05) is 0 Å². The summed E-state index contributed by atoms with van der Waals surface area (Å²) in [6.07, 6.45) is 1.70. The molecule has 1 heterocycles. The molecule has 0 bridgehead atoms. The first-order chi connectivity index (χ1) is 13.4. The lowest BCUT2D eigenvalue weighted by Crippen LogP contribution is -2.46. The van der Waals surface area contributed by atoms with Gasteiger partial charge in [-0.05, 0) is 30.2 Å². The Bertz CT molecular complexity index is 917. The fraction of sp³-hybridized carbons (Fsp3) is 0.444. The van der Waals surface area contributed by atoms with E-state index in [1.54, 1.807) is 36.2 Å². The largest absolute Gasteiger partial charge is 0.497 e. The topological polar surface area (TPSA) is 120 Å². The van der Waals surface area contributed by atoms with E-state index in [0.717, 1.165) is 12.8 Å². The lowest BCUT2D eigenvalue weighted by molar-refractivity contribution is -0.746. The number of hydrogen-bond donors (Lipinski definition) is 2. The van der Waals surface area contributed by atoms with Gasteiger partial charge >= 0.3 is 17.3 Å². The van der Waals surface area contributed by atoms with Crippen molar-refractivity contribution >= 4 is 17.6 Å². The average molecular weight is 391 g/mol. The summed E-state index contributed by atoms with van der Waals surface area (Å²) in [7, 11) is 3.14. The van der Waals surface area contributed by atoms with Crippen molar-refractivity contribution in [1.82, 2.24) is 10.2 Å². The molecule has 0 saturated heterocycles. The maximum atomic E-state index is 13.0. The minimum atomic E-state index is -1.05. The molecule has 1 fully saturated rings. The SMILES string of the molecule is COc1cccc(N(CC(=O)O)CC(=O)N(Cc2c(=O)o[nH][n+]2C)C2CC2)c1. The molecule has 1 aliphatic carbocycles. The maximum absolute atomic E-state index is 13.0. The van der Waals surface area contributed by atoms with Gasteiger partial charge in [-0.2, -0.15) is 0 Å². The number of methoxy groups -OCH3 is 1. The average Bonchev–Trinajstić information content (AvgIpc) is 3.45. The Morgan fingerprint density at radius 1 is 1.36 bits per heavy atom. The number of carboxylic acids is 1. The van der Waals surface area contributed by atoms with Gasteiger partial charge in [0.05, 0.1) is 13.7 Å². The summed E-state index contributed by atoms with van der Waals surface area (Å²) in [6, 6.07) is 6.92. The monoisotopic (exact) mass is 391 g/mol. The van der Waals surface area contributed by atoms with Crippen LogP contribution in [0.3, 0.4) is 0 Å². The zero-order valence-electron chi connectivity index (χ0n) is 15.8. The second kappa shape index (κ2) is 8.15. The molecule has 2 N–H and O–H groups in total. The van der Waals surface area contributed by atoms with Crippen LogP contribution in [0.4, 0.5) is 5.69 Å². The van der Waals surface area contributed by atoms with Gasteiger partial charge in [0, 0.05) is 17.8 Å². The van der Waals surface area contributed by atoms with Crippen LogP contribution in [0.5, 0.6) is 5.75 Å². The summed E-state index contributed by atoms with van der Waals surface area (Å²) in [5.41, 5.74) is 0.361. The number of benzene rings is 1. The summed E-state index contributed by atoms with van der Waals surface area (Å²) in [5.74, 6) is -0.741.